The van der Waals surface area contributed by atoms with Crippen LogP contribution in [0.15, 0.2) is 40.7 Å². The van der Waals surface area contributed by atoms with Crippen molar-refractivity contribution in [2.75, 3.05) is 39.4 Å². The summed E-state index contributed by atoms with van der Waals surface area (Å²) in [6.45, 7) is 8.34. The van der Waals surface area contributed by atoms with E-state index in [2.05, 4.69) is 20.9 Å². The van der Waals surface area contributed by atoms with Gasteiger partial charge in [0.25, 0.3) is 0 Å². The normalized spacial score (nSPS) is 17.7. The molecule has 0 spiro atoms. The molecule has 29 heavy (non-hydrogen) atoms. The minimum Gasteiger partial charge on any atom is -0.491 e. The molecule has 1 fully saturated rings. The predicted octanol–water partition coefficient (Wildman–Crippen LogP) is 2.20. The number of hydrogen-bond acceptors (Lipinski definition) is 7. The van der Waals surface area contributed by atoms with Gasteiger partial charge in [-0.1, -0.05) is 12.1 Å². The van der Waals surface area contributed by atoms with Gasteiger partial charge in [0, 0.05) is 38.9 Å². The Bertz CT molecular complexity index is 752. The topological polar surface area (TPSA) is 74.6 Å². The van der Waals surface area contributed by atoms with Crippen molar-refractivity contribution in [3.8, 4) is 5.75 Å². The van der Waals surface area contributed by atoms with Gasteiger partial charge < -0.3 is 19.5 Å². The molecule has 2 heterocycles. The summed E-state index contributed by atoms with van der Waals surface area (Å²) in [7, 11) is 0. The van der Waals surface area contributed by atoms with Gasteiger partial charge >= 0.3 is 5.97 Å². The van der Waals surface area contributed by atoms with Crippen LogP contribution < -0.4 is 4.74 Å². The van der Waals surface area contributed by atoms with E-state index in [0.29, 0.717) is 18.6 Å². The van der Waals surface area contributed by atoms with Crippen LogP contribution in [-0.2, 0) is 16.1 Å². The maximum Gasteiger partial charge on any atom is 0.338 e. The van der Waals surface area contributed by atoms with Crippen LogP contribution in [0, 0.1) is 0 Å². The van der Waals surface area contributed by atoms with Gasteiger partial charge in [-0.15, -0.1) is 0 Å². The Hall–Kier alpha value is -2.38. The number of carbonyl (C=O) groups is 1. The molecule has 0 radical (unpaired) electrons. The van der Waals surface area contributed by atoms with Gasteiger partial charge in [0.15, 0.2) is 0 Å². The van der Waals surface area contributed by atoms with Crippen LogP contribution >= 0.6 is 0 Å². The van der Waals surface area contributed by atoms with Crippen molar-refractivity contribution in [2.45, 2.75) is 39.3 Å². The average molecular weight is 402 g/mol. The Balaban J connectivity index is 1.59. The Kier molecular flexibility index (Phi) is 7.66. The standard InChI is InChI=1S/C22H31N3O4/c1-17(2)29-22(27)20-7-4-8-23-21(20)25-11-9-24(10-12-25)16-18-5-3-6-19(15-18)28-14-13-26/h3,5-6,8,15,17,26H,4,7,9-14,16H2,1-2H3. The molecule has 0 saturated carbocycles. The minimum absolute atomic E-state index is 0.0111. The lowest BCUT2D eigenvalue weighted by Gasteiger charge is -2.37. The van der Waals surface area contributed by atoms with Crippen LogP contribution in [0.25, 0.3) is 0 Å². The first-order chi connectivity index (χ1) is 14.1. The second kappa shape index (κ2) is 10.4. The molecule has 0 aromatic heterocycles. The maximum absolute atomic E-state index is 12.5. The first kappa shape index (κ1) is 21.3. The van der Waals surface area contributed by atoms with Gasteiger partial charge in [-0.25, -0.2) is 9.79 Å². The van der Waals surface area contributed by atoms with E-state index in [1.54, 1.807) is 0 Å². The van der Waals surface area contributed by atoms with E-state index in [1.165, 1.54) is 5.56 Å². The SMILES string of the molecule is CC(C)OC(=O)C1=C(N2CCN(Cc3cccc(OCCO)c3)CC2)N=CCC1. The van der Waals surface area contributed by atoms with Crippen molar-refractivity contribution in [1.29, 1.82) is 0 Å². The molecule has 0 atom stereocenters. The highest BCUT2D eigenvalue weighted by Crippen LogP contribution is 2.24. The first-order valence-electron chi connectivity index (χ1n) is 10.3. The zero-order valence-electron chi connectivity index (χ0n) is 17.3. The number of esters is 1. The predicted molar refractivity (Wildman–Crippen MR) is 112 cm³/mol. The lowest BCUT2D eigenvalue weighted by Crippen LogP contribution is -2.45. The second-order valence-electron chi connectivity index (χ2n) is 7.59. The highest BCUT2D eigenvalue weighted by molar-refractivity contribution is 5.91. The van der Waals surface area contributed by atoms with Crippen molar-refractivity contribution in [2.24, 2.45) is 4.99 Å². The number of rotatable bonds is 8. The van der Waals surface area contributed by atoms with Crippen molar-refractivity contribution in [3.63, 3.8) is 0 Å². The summed E-state index contributed by atoms with van der Waals surface area (Å²) >= 11 is 0. The van der Waals surface area contributed by atoms with Gasteiger partial charge in [0.1, 0.15) is 18.2 Å². The van der Waals surface area contributed by atoms with E-state index in [1.807, 2.05) is 38.3 Å². The molecule has 1 saturated heterocycles. The van der Waals surface area contributed by atoms with Crippen molar-refractivity contribution in [3.05, 3.63) is 41.2 Å². The number of nitrogens with zero attached hydrogens (tertiary/aromatic N) is 3. The number of aliphatic imine (C=N–C) groups is 1. The summed E-state index contributed by atoms with van der Waals surface area (Å²) in [5, 5.41) is 8.91. The average Bonchev–Trinajstić information content (AvgIpc) is 2.72. The Morgan fingerprint density at radius 2 is 2.03 bits per heavy atom. The number of benzene rings is 1. The number of aliphatic hydroxyl groups excluding tert-OH is 1. The van der Waals surface area contributed by atoms with E-state index in [-0.39, 0.29) is 18.7 Å². The quantitative estimate of drug-likeness (QED) is 0.673. The largest absolute Gasteiger partial charge is 0.491 e. The molecule has 7 heteroatoms. The van der Waals surface area contributed by atoms with E-state index in [0.717, 1.165) is 50.7 Å². The first-order valence-corrected chi connectivity index (χ1v) is 10.3. The Morgan fingerprint density at radius 3 is 2.76 bits per heavy atom. The third-order valence-electron chi connectivity index (χ3n) is 4.93. The third kappa shape index (κ3) is 6.05. The van der Waals surface area contributed by atoms with Crippen molar-refractivity contribution in [1.82, 2.24) is 9.80 Å². The van der Waals surface area contributed by atoms with Gasteiger partial charge in [0.2, 0.25) is 0 Å². The van der Waals surface area contributed by atoms with Crippen molar-refractivity contribution < 1.29 is 19.4 Å². The maximum atomic E-state index is 12.5. The number of ether oxygens (including phenoxy) is 2. The van der Waals surface area contributed by atoms with Gasteiger partial charge in [-0.2, -0.15) is 0 Å². The number of carbonyl (C=O) groups excluding carboxylic acids is 1. The molecule has 1 N–H and O–H groups in total. The fourth-order valence-corrected chi connectivity index (χ4v) is 3.57. The fourth-order valence-electron chi connectivity index (χ4n) is 3.57. The van der Waals surface area contributed by atoms with Gasteiger partial charge in [-0.3, -0.25) is 4.90 Å². The lowest BCUT2D eigenvalue weighted by molar-refractivity contribution is -0.143. The van der Waals surface area contributed by atoms with E-state index >= 15 is 0 Å². The molecular formula is C22H31N3O4. The van der Waals surface area contributed by atoms with Crippen molar-refractivity contribution >= 4 is 12.2 Å². The summed E-state index contributed by atoms with van der Waals surface area (Å²) in [6, 6.07) is 8.00. The summed E-state index contributed by atoms with van der Waals surface area (Å²) in [4.78, 5) is 21.6. The Morgan fingerprint density at radius 1 is 1.24 bits per heavy atom. The van der Waals surface area contributed by atoms with Gasteiger partial charge in [0.05, 0.1) is 18.3 Å². The van der Waals surface area contributed by atoms with Crippen LogP contribution in [-0.4, -0.2) is 72.6 Å². The Labute approximate surface area is 172 Å². The molecule has 3 rings (SSSR count). The highest BCUT2D eigenvalue weighted by atomic mass is 16.5. The van der Waals surface area contributed by atoms with Gasteiger partial charge in [-0.05, 0) is 44.4 Å². The minimum atomic E-state index is -0.242. The highest BCUT2D eigenvalue weighted by Gasteiger charge is 2.26. The second-order valence-corrected chi connectivity index (χ2v) is 7.59. The van der Waals surface area contributed by atoms with E-state index in [4.69, 9.17) is 14.6 Å². The third-order valence-corrected chi connectivity index (χ3v) is 4.93. The molecule has 2 aliphatic heterocycles. The zero-order valence-corrected chi connectivity index (χ0v) is 17.3. The molecule has 0 amide bonds. The van der Waals surface area contributed by atoms with E-state index in [9.17, 15) is 4.79 Å². The molecule has 158 valence electrons. The fraction of sp³-hybridized carbons (Fsp3) is 0.545. The van der Waals surface area contributed by atoms with Crippen LogP contribution in [0.1, 0.15) is 32.3 Å². The molecule has 1 aromatic rings. The number of aliphatic hydroxyl groups is 1. The molecule has 1 aromatic carbocycles. The smallest absolute Gasteiger partial charge is 0.338 e. The van der Waals surface area contributed by atoms with Crippen LogP contribution in [0.3, 0.4) is 0 Å². The lowest BCUT2D eigenvalue weighted by atomic mass is 10.1. The van der Waals surface area contributed by atoms with Crippen LogP contribution in [0.2, 0.25) is 0 Å². The number of piperazine rings is 1. The molecule has 0 unspecified atom stereocenters. The molecule has 0 bridgehead atoms. The van der Waals surface area contributed by atoms with E-state index < -0.39 is 0 Å². The number of hydrogen-bond donors (Lipinski definition) is 1. The molecule has 0 aliphatic carbocycles. The summed E-state index contributed by atoms with van der Waals surface area (Å²) in [6.07, 6.45) is 3.23. The van der Waals surface area contributed by atoms with Crippen LogP contribution in [0.5, 0.6) is 5.75 Å². The molecule has 7 nitrogen and oxygen atoms in total. The summed E-state index contributed by atoms with van der Waals surface area (Å²) in [5.41, 5.74) is 1.88. The molecule has 2 aliphatic rings. The molecular weight excluding hydrogens is 370 g/mol. The summed E-state index contributed by atoms with van der Waals surface area (Å²) < 4.78 is 10.9. The van der Waals surface area contributed by atoms with Crippen LogP contribution in [0.4, 0.5) is 0 Å². The summed E-state index contributed by atoms with van der Waals surface area (Å²) in [5.74, 6) is 1.32. The monoisotopic (exact) mass is 401 g/mol. The zero-order chi connectivity index (χ0) is 20.6.